The van der Waals surface area contributed by atoms with Crippen molar-refractivity contribution >= 4 is 103 Å². The summed E-state index contributed by atoms with van der Waals surface area (Å²) in [4.78, 5) is 135. The summed E-state index contributed by atoms with van der Waals surface area (Å²) in [5.41, 5.74) is 4.91. The molecule has 0 fully saturated rings. The van der Waals surface area contributed by atoms with Crippen LogP contribution in [0.3, 0.4) is 0 Å². The first-order chi connectivity index (χ1) is 48.3. The molecule has 0 aliphatic rings. The standard InChI is InChI=1S/C65H80N20O14S/c86-56(69-24-7-1-3-13-57(87)80-49(63(93)94)39-76-60(90)43-16-20-52-47(34-43)38-79-85(52)32-10-26-71-65-72-29-30-73-65)22-18-48(82-61(91)45-17-21-54(74-35-45)83-77-36-44-11-5-6-12-53(44)100(97,98)99)62(92)70-25-8-2-4-14-58(88)81-50(64(95)96)40-75-59(89)42-15-19-51-46(33-42)37-78-84(51)31-9-23-66-41-55-67-27-28-68-55/h5-6,11-12,15-17,19-21,27-30,33-38,48-50,66H,1-4,7-10,13-14,18,22-26,31-32,39-41H2,(H,67,68)(H,69,86)(H,70,92)(H,74,83)(H,75,89)(H,76,90)(H,80,87)(H,81,88)(H,82,91)(H,93,94)(H,95,96)(H2,71,72,73)(H,97,98,99)/b77-36+/t48?,49-,50-/m0/s1. The number of carboxylic acids is 2. The monoisotopic (exact) mass is 1400 g/mol. The van der Waals surface area contributed by atoms with Crippen molar-refractivity contribution < 1.29 is 66.3 Å². The molecule has 7 amide bonds. The number of hydrazone groups is 1. The maximum absolute atomic E-state index is 13.7. The molecule has 0 aliphatic carbocycles. The Morgan fingerprint density at radius 2 is 1.15 bits per heavy atom. The SMILES string of the molecule is O=C(CCC(NC(=O)c1ccc(N/N=C/c2ccccc2S(=O)(=O)O)nc1)C(=O)NCCCCCC(=O)N[C@@H](CNC(=O)c1ccc2c(cnn2CCCNCc2ncc[nH]2)c1)C(=O)O)NCCCCCC(=O)N[C@@H](CNC(=O)c1ccc2c(cnn2CCCNc2ncc[nH]2)c1)C(=O)O. The maximum Gasteiger partial charge on any atom is 0.328 e. The van der Waals surface area contributed by atoms with Gasteiger partial charge in [0.25, 0.3) is 27.8 Å². The normalized spacial score (nSPS) is 12.3. The number of anilines is 2. The number of aliphatic carboxylic acids is 2. The third kappa shape index (κ3) is 23.7. The largest absolute Gasteiger partial charge is 0.480 e. The number of carboxylic acid groups (broad SMARTS) is 2. The Bertz CT molecular complexity index is 4220. The summed E-state index contributed by atoms with van der Waals surface area (Å²) >= 11 is 0. The van der Waals surface area contributed by atoms with Gasteiger partial charge in [-0.3, -0.25) is 52.9 Å². The van der Waals surface area contributed by atoms with E-state index in [1.165, 1.54) is 36.5 Å². The van der Waals surface area contributed by atoms with Crippen molar-refractivity contribution in [1.29, 1.82) is 0 Å². The zero-order chi connectivity index (χ0) is 71.2. The van der Waals surface area contributed by atoms with E-state index in [0.717, 1.165) is 53.2 Å². The first-order valence-electron chi connectivity index (χ1n) is 32.4. The summed E-state index contributed by atoms with van der Waals surface area (Å²) in [5, 5.41) is 58.7. The van der Waals surface area contributed by atoms with E-state index in [-0.39, 0.29) is 84.8 Å². The molecule has 8 rings (SSSR count). The second-order valence-electron chi connectivity index (χ2n) is 23.0. The highest BCUT2D eigenvalue weighted by Crippen LogP contribution is 2.19. The fourth-order valence-corrected chi connectivity index (χ4v) is 11.0. The molecular weight excluding hydrogens is 1320 g/mol. The van der Waals surface area contributed by atoms with Crippen LogP contribution in [0.1, 0.15) is 120 Å². The first-order valence-corrected chi connectivity index (χ1v) is 33.8. The number of aryl methyl sites for hydroxylation is 2. The molecule has 530 valence electrons. The minimum absolute atomic E-state index is 0.0230. The van der Waals surface area contributed by atoms with Gasteiger partial charge in [0.05, 0.1) is 41.7 Å². The van der Waals surface area contributed by atoms with Crippen LogP contribution in [0.25, 0.3) is 21.8 Å². The number of hydrogen-bond acceptors (Lipinski definition) is 20. The minimum atomic E-state index is -4.54. The maximum atomic E-state index is 13.7. The quantitative estimate of drug-likeness (QED) is 0.0113. The average molecular weight is 1400 g/mol. The number of aromatic amines is 2. The lowest BCUT2D eigenvalue weighted by Gasteiger charge is -2.19. The first kappa shape index (κ1) is 74.3. The van der Waals surface area contributed by atoms with Crippen LogP contribution in [-0.2, 0) is 58.5 Å². The van der Waals surface area contributed by atoms with Crippen molar-refractivity contribution in [3.8, 4) is 0 Å². The lowest BCUT2D eigenvalue weighted by Crippen LogP contribution is -2.48. The van der Waals surface area contributed by atoms with E-state index in [1.807, 2.05) is 9.36 Å². The molecular formula is C65H80N20O14S. The predicted octanol–water partition coefficient (Wildman–Crippen LogP) is 2.83. The highest BCUT2D eigenvalue weighted by molar-refractivity contribution is 7.86. The van der Waals surface area contributed by atoms with Gasteiger partial charge in [0.2, 0.25) is 23.6 Å². The molecule has 35 heteroatoms. The minimum Gasteiger partial charge on any atom is -0.480 e. The number of amides is 7. The smallest absolute Gasteiger partial charge is 0.328 e. The molecule has 0 spiro atoms. The number of carbonyl (C=O) groups is 9. The molecule has 0 aliphatic heterocycles. The van der Waals surface area contributed by atoms with Crippen LogP contribution in [0.4, 0.5) is 11.8 Å². The fourth-order valence-electron chi connectivity index (χ4n) is 10.3. The molecule has 0 saturated carbocycles. The average Bonchev–Trinajstić information content (AvgIpc) is 1.57. The molecule has 5 heterocycles. The Balaban J connectivity index is 0.741. The number of pyridine rings is 1. The summed E-state index contributed by atoms with van der Waals surface area (Å²) in [5.74, 6) is -5.03. The van der Waals surface area contributed by atoms with E-state index in [2.05, 4.69) is 93.5 Å². The molecule has 15 N–H and O–H groups in total. The van der Waals surface area contributed by atoms with Gasteiger partial charge < -0.3 is 68.0 Å². The number of carbonyl (C=O) groups excluding carboxylic acids is 7. The summed E-state index contributed by atoms with van der Waals surface area (Å²) in [6.07, 6.45) is 15.9. The molecule has 0 saturated heterocycles. The lowest BCUT2D eigenvalue weighted by atomic mass is 10.1. The van der Waals surface area contributed by atoms with Crippen LogP contribution < -0.4 is 53.3 Å². The van der Waals surface area contributed by atoms with Crippen molar-refractivity contribution in [3.63, 3.8) is 0 Å². The zero-order valence-corrected chi connectivity index (χ0v) is 55.3. The second kappa shape index (κ2) is 37.9. The fraction of sp³-hybridized carbons (Fsp3) is 0.369. The third-order valence-corrected chi connectivity index (χ3v) is 16.5. The molecule has 3 aromatic carbocycles. The molecule has 0 bridgehead atoms. The van der Waals surface area contributed by atoms with Crippen molar-refractivity contribution in [2.24, 2.45) is 5.10 Å². The van der Waals surface area contributed by atoms with Crippen LogP contribution in [0.15, 0.2) is 126 Å². The number of rotatable bonds is 43. The Morgan fingerprint density at radius 3 is 1.72 bits per heavy atom. The Labute approximate surface area is 573 Å². The number of H-pyrrole nitrogens is 2. The summed E-state index contributed by atoms with van der Waals surface area (Å²) in [6, 6.07) is 14.3. The molecule has 5 aromatic heterocycles. The van der Waals surface area contributed by atoms with Crippen LogP contribution >= 0.6 is 0 Å². The molecule has 100 heavy (non-hydrogen) atoms. The van der Waals surface area contributed by atoms with E-state index in [1.54, 1.807) is 79.6 Å². The zero-order valence-electron chi connectivity index (χ0n) is 54.4. The van der Waals surface area contributed by atoms with Gasteiger partial charge in [0, 0.05) is 124 Å². The van der Waals surface area contributed by atoms with E-state index in [4.69, 9.17) is 0 Å². The van der Waals surface area contributed by atoms with Gasteiger partial charge in [0.15, 0.2) is 5.95 Å². The van der Waals surface area contributed by atoms with Crippen LogP contribution in [0, 0.1) is 0 Å². The Hall–Kier alpha value is -11.5. The van der Waals surface area contributed by atoms with E-state index in [0.29, 0.717) is 70.7 Å². The second-order valence-corrected chi connectivity index (χ2v) is 24.4. The van der Waals surface area contributed by atoms with Crippen LogP contribution in [0.2, 0.25) is 0 Å². The number of nitrogens with zero attached hydrogens (tertiary/aromatic N) is 8. The van der Waals surface area contributed by atoms with Gasteiger partial charge >= 0.3 is 11.9 Å². The van der Waals surface area contributed by atoms with Gasteiger partial charge in [-0.2, -0.15) is 23.7 Å². The number of aromatic nitrogens is 9. The molecule has 3 atom stereocenters. The Morgan fingerprint density at radius 1 is 0.560 bits per heavy atom. The van der Waals surface area contributed by atoms with Crippen molar-refractivity contribution in [3.05, 3.63) is 144 Å². The van der Waals surface area contributed by atoms with Gasteiger partial charge in [-0.15, -0.1) is 0 Å². The number of unbranched alkanes of at least 4 members (excludes halogenated alkanes) is 4. The number of nitrogens with one attached hydrogen (secondary N) is 12. The Kier molecular flexibility index (Phi) is 28.2. The summed E-state index contributed by atoms with van der Waals surface area (Å²) < 4.78 is 36.8. The van der Waals surface area contributed by atoms with Crippen molar-refractivity contribution in [1.82, 2.24) is 87.0 Å². The van der Waals surface area contributed by atoms with Gasteiger partial charge in [-0.05, 0) is 106 Å². The van der Waals surface area contributed by atoms with Crippen LogP contribution in [-0.4, -0.2) is 185 Å². The number of hydrogen-bond donors (Lipinski definition) is 15. The van der Waals surface area contributed by atoms with Gasteiger partial charge in [-0.1, -0.05) is 31.0 Å². The predicted molar refractivity (Wildman–Crippen MR) is 365 cm³/mol. The highest BCUT2D eigenvalue weighted by Gasteiger charge is 2.26. The lowest BCUT2D eigenvalue weighted by molar-refractivity contribution is -0.142. The highest BCUT2D eigenvalue weighted by atomic mass is 32.2. The topological polar surface area (TPSA) is 487 Å². The number of fused-ring (bicyclic) bond motifs is 2. The van der Waals surface area contributed by atoms with Crippen molar-refractivity contribution in [2.45, 2.75) is 120 Å². The van der Waals surface area contributed by atoms with Crippen molar-refractivity contribution in [2.75, 3.05) is 50.0 Å². The van der Waals surface area contributed by atoms with Crippen LogP contribution in [0.5, 0.6) is 0 Å². The third-order valence-electron chi connectivity index (χ3n) is 15.6. The summed E-state index contributed by atoms with van der Waals surface area (Å²) in [6.45, 7) is 2.76. The molecule has 1 unspecified atom stereocenters. The van der Waals surface area contributed by atoms with Gasteiger partial charge in [0.1, 0.15) is 34.7 Å². The van der Waals surface area contributed by atoms with E-state index in [9.17, 15) is 66.3 Å². The molecule has 34 nitrogen and oxygen atoms in total. The molecule has 8 aromatic rings. The van der Waals surface area contributed by atoms with E-state index < -0.39 is 81.5 Å². The number of benzene rings is 3. The van der Waals surface area contributed by atoms with E-state index >= 15 is 0 Å². The van der Waals surface area contributed by atoms with Gasteiger partial charge in [-0.25, -0.2) is 24.5 Å². The molecule has 0 radical (unpaired) electrons. The summed E-state index contributed by atoms with van der Waals surface area (Å²) in [7, 11) is -4.54. The number of imidazole rings is 2.